The number of halogens is 2. The van der Waals surface area contributed by atoms with E-state index in [1.165, 1.54) is 4.90 Å². The molecule has 142 valence electrons. The SMILES string of the molecule is COc1ccc(CC(=O)N2CCN(C(=O)c3ccc(F)cc3F)CC2)cc1. The van der Waals surface area contributed by atoms with Gasteiger partial charge >= 0.3 is 0 Å². The fourth-order valence-corrected chi connectivity index (χ4v) is 3.02. The molecule has 0 saturated carbocycles. The van der Waals surface area contributed by atoms with Crippen molar-refractivity contribution < 1.29 is 23.1 Å². The van der Waals surface area contributed by atoms with Crippen molar-refractivity contribution in [2.24, 2.45) is 0 Å². The zero-order chi connectivity index (χ0) is 19.4. The lowest BCUT2D eigenvalue weighted by Gasteiger charge is -2.35. The molecular weight excluding hydrogens is 354 g/mol. The monoisotopic (exact) mass is 374 g/mol. The first-order valence-electron chi connectivity index (χ1n) is 8.63. The van der Waals surface area contributed by atoms with Crippen molar-refractivity contribution in [2.75, 3.05) is 33.3 Å². The van der Waals surface area contributed by atoms with E-state index in [0.29, 0.717) is 32.2 Å². The van der Waals surface area contributed by atoms with Crippen LogP contribution in [-0.4, -0.2) is 54.9 Å². The van der Waals surface area contributed by atoms with E-state index in [0.717, 1.165) is 23.4 Å². The van der Waals surface area contributed by atoms with Crippen molar-refractivity contribution in [3.8, 4) is 5.75 Å². The van der Waals surface area contributed by atoms with Crippen LogP contribution in [0.15, 0.2) is 42.5 Å². The quantitative estimate of drug-likeness (QED) is 0.826. The third kappa shape index (κ3) is 4.42. The lowest BCUT2D eigenvalue weighted by Crippen LogP contribution is -2.51. The van der Waals surface area contributed by atoms with Crippen LogP contribution in [0.2, 0.25) is 0 Å². The van der Waals surface area contributed by atoms with Crippen molar-refractivity contribution >= 4 is 11.8 Å². The van der Waals surface area contributed by atoms with Crippen LogP contribution in [0.4, 0.5) is 8.78 Å². The number of amides is 2. The van der Waals surface area contributed by atoms with Gasteiger partial charge in [-0.25, -0.2) is 8.78 Å². The van der Waals surface area contributed by atoms with Gasteiger partial charge in [-0.2, -0.15) is 0 Å². The van der Waals surface area contributed by atoms with Gasteiger partial charge in [0.2, 0.25) is 5.91 Å². The highest BCUT2D eigenvalue weighted by molar-refractivity contribution is 5.94. The summed E-state index contributed by atoms with van der Waals surface area (Å²) in [4.78, 5) is 28.0. The highest BCUT2D eigenvalue weighted by atomic mass is 19.1. The van der Waals surface area contributed by atoms with Crippen LogP contribution >= 0.6 is 0 Å². The van der Waals surface area contributed by atoms with E-state index < -0.39 is 17.5 Å². The van der Waals surface area contributed by atoms with Gasteiger partial charge in [0, 0.05) is 32.2 Å². The summed E-state index contributed by atoms with van der Waals surface area (Å²) in [7, 11) is 1.58. The third-order valence-electron chi connectivity index (χ3n) is 4.60. The van der Waals surface area contributed by atoms with Crippen LogP contribution in [-0.2, 0) is 11.2 Å². The lowest BCUT2D eigenvalue weighted by molar-refractivity contribution is -0.131. The second-order valence-electron chi connectivity index (χ2n) is 6.32. The number of carbonyl (C=O) groups excluding carboxylic acids is 2. The molecule has 5 nitrogen and oxygen atoms in total. The number of nitrogens with zero attached hydrogens (tertiary/aromatic N) is 2. The summed E-state index contributed by atoms with van der Waals surface area (Å²) in [6.07, 6.45) is 0.268. The maximum atomic E-state index is 13.8. The van der Waals surface area contributed by atoms with Crippen molar-refractivity contribution in [3.05, 3.63) is 65.2 Å². The Hall–Kier alpha value is -2.96. The van der Waals surface area contributed by atoms with Gasteiger partial charge in [-0.15, -0.1) is 0 Å². The van der Waals surface area contributed by atoms with Gasteiger partial charge in [0.05, 0.1) is 19.1 Å². The van der Waals surface area contributed by atoms with Crippen LogP contribution in [0.5, 0.6) is 5.75 Å². The minimum atomic E-state index is -0.877. The van der Waals surface area contributed by atoms with Crippen LogP contribution < -0.4 is 4.74 Å². The number of ether oxygens (including phenoxy) is 1. The maximum Gasteiger partial charge on any atom is 0.256 e. The number of methoxy groups -OCH3 is 1. The van der Waals surface area contributed by atoms with Gasteiger partial charge < -0.3 is 14.5 Å². The summed E-state index contributed by atoms with van der Waals surface area (Å²) >= 11 is 0. The molecule has 1 heterocycles. The van der Waals surface area contributed by atoms with Gasteiger partial charge in [0.1, 0.15) is 17.4 Å². The molecule has 2 aromatic rings. The summed E-state index contributed by atoms with van der Waals surface area (Å²) in [6, 6.07) is 10.2. The van der Waals surface area contributed by atoms with Crippen molar-refractivity contribution in [3.63, 3.8) is 0 Å². The van der Waals surface area contributed by atoms with E-state index in [-0.39, 0.29) is 17.9 Å². The van der Waals surface area contributed by atoms with Crippen LogP contribution in [0.3, 0.4) is 0 Å². The number of piperazine rings is 1. The number of hydrogen-bond acceptors (Lipinski definition) is 3. The largest absolute Gasteiger partial charge is 0.497 e. The first-order chi connectivity index (χ1) is 13.0. The Balaban J connectivity index is 1.56. The fraction of sp³-hybridized carbons (Fsp3) is 0.300. The van der Waals surface area contributed by atoms with E-state index in [1.807, 2.05) is 12.1 Å². The number of hydrogen-bond donors (Lipinski definition) is 0. The average molecular weight is 374 g/mol. The summed E-state index contributed by atoms with van der Waals surface area (Å²) in [5.74, 6) is -1.39. The smallest absolute Gasteiger partial charge is 0.256 e. The summed E-state index contributed by atoms with van der Waals surface area (Å²) in [5.41, 5.74) is 0.724. The first-order valence-corrected chi connectivity index (χ1v) is 8.63. The molecule has 27 heavy (non-hydrogen) atoms. The molecule has 0 N–H and O–H groups in total. The molecule has 0 spiro atoms. The summed E-state index contributed by atoms with van der Waals surface area (Å²) in [5, 5.41) is 0. The van der Waals surface area contributed by atoms with E-state index in [9.17, 15) is 18.4 Å². The highest BCUT2D eigenvalue weighted by Gasteiger charge is 2.26. The van der Waals surface area contributed by atoms with Crippen LogP contribution in [0.25, 0.3) is 0 Å². The van der Waals surface area contributed by atoms with Crippen molar-refractivity contribution in [2.45, 2.75) is 6.42 Å². The highest BCUT2D eigenvalue weighted by Crippen LogP contribution is 2.16. The minimum Gasteiger partial charge on any atom is -0.497 e. The third-order valence-corrected chi connectivity index (χ3v) is 4.60. The van der Waals surface area contributed by atoms with Gasteiger partial charge in [0.15, 0.2) is 0 Å². The molecule has 7 heteroatoms. The Morgan fingerprint density at radius 1 is 0.963 bits per heavy atom. The molecule has 2 amide bonds. The maximum absolute atomic E-state index is 13.8. The van der Waals surface area contributed by atoms with E-state index >= 15 is 0 Å². The second kappa shape index (κ2) is 8.16. The van der Waals surface area contributed by atoms with Gasteiger partial charge in [-0.3, -0.25) is 9.59 Å². The Kier molecular flexibility index (Phi) is 5.69. The van der Waals surface area contributed by atoms with Crippen LogP contribution in [0, 0.1) is 11.6 Å². The molecular formula is C20H20F2N2O3. The number of benzene rings is 2. The predicted octanol–water partition coefficient (Wildman–Crippen LogP) is 2.50. The second-order valence-corrected chi connectivity index (χ2v) is 6.32. The molecule has 0 bridgehead atoms. The molecule has 1 aliphatic heterocycles. The van der Waals surface area contributed by atoms with Crippen LogP contribution in [0.1, 0.15) is 15.9 Å². The number of rotatable bonds is 4. The Labute approximate surface area is 156 Å². The Morgan fingerprint density at radius 3 is 2.19 bits per heavy atom. The molecule has 0 atom stereocenters. The molecule has 2 aromatic carbocycles. The van der Waals surface area contributed by atoms with Crippen molar-refractivity contribution in [1.29, 1.82) is 0 Å². The Morgan fingerprint density at radius 2 is 1.59 bits per heavy atom. The predicted molar refractivity (Wildman–Crippen MR) is 95.5 cm³/mol. The summed E-state index contributed by atoms with van der Waals surface area (Å²) < 4.78 is 31.9. The van der Waals surface area contributed by atoms with E-state index in [2.05, 4.69) is 0 Å². The molecule has 3 rings (SSSR count). The zero-order valence-electron chi connectivity index (χ0n) is 15.0. The van der Waals surface area contributed by atoms with Crippen molar-refractivity contribution in [1.82, 2.24) is 9.80 Å². The van der Waals surface area contributed by atoms with Gasteiger partial charge in [-0.1, -0.05) is 12.1 Å². The molecule has 0 aliphatic carbocycles. The normalized spacial score (nSPS) is 14.2. The minimum absolute atomic E-state index is 0.0276. The van der Waals surface area contributed by atoms with Gasteiger partial charge in [-0.05, 0) is 29.8 Å². The topological polar surface area (TPSA) is 49.9 Å². The number of carbonyl (C=O) groups is 2. The lowest BCUT2D eigenvalue weighted by atomic mass is 10.1. The molecule has 1 aliphatic rings. The molecule has 1 fully saturated rings. The summed E-state index contributed by atoms with van der Waals surface area (Å²) in [6.45, 7) is 1.38. The zero-order valence-corrected chi connectivity index (χ0v) is 15.0. The van der Waals surface area contributed by atoms with Gasteiger partial charge in [0.25, 0.3) is 5.91 Å². The Bertz CT molecular complexity index is 832. The van der Waals surface area contributed by atoms with E-state index in [1.54, 1.807) is 24.1 Å². The molecule has 1 saturated heterocycles. The standard InChI is InChI=1S/C20H20F2N2O3/c1-27-16-5-2-14(3-6-16)12-19(25)23-8-10-24(11-9-23)20(26)17-7-4-15(21)13-18(17)22/h2-7,13H,8-12H2,1H3. The molecule has 0 aromatic heterocycles. The average Bonchev–Trinajstić information content (AvgIpc) is 2.68. The first kappa shape index (κ1) is 18.8. The molecule has 0 radical (unpaired) electrons. The van der Waals surface area contributed by atoms with E-state index in [4.69, 9.17) is 4.74 Å². The fourth-order valence-electron chi connectivity index (χ4n) is 3.02. The molecule has 0 unspecified atom stereocenters.